The molecule has 0 fully saturated rings. The first kappa shape index (κ1) is 17.1. The number of carbonyl (C=O) groups is 1. The first-order valence-electron chi connectivity index (χ1n) is 7.76. The third-order valence-corrected chi connectivity index (χ3v) is 3.48. The van der Waals surface area contributed by atoms with Gasteiger partial charge in [0.25, 0.3) is 0 Å². The molecule has 2 heterocycles. The molecular formula is C16H17N7O3. The Hall–Kier alpha value is -3.69. The highest BCUT2D eigenvalue weighted by Gasteiger charge is 2.20. The largest absolute Gasteiger partial charge is 0.485 e. The number of rotatable bonds is 4. The van der Waals surface area contributed by atoms with Gasteiger partial charge in [-0.1, -0.05) is 17.4 Å². The van der Waals surface area contributed by atoms with E-state index in [4.69, 9.17) is 21.1 Å². The summed E-state index contributed by atoms with van der Waals surface area (Å²) < 4.78 is 10.5. The average molecular weight is 355 g/mol. The Morgan fingerprint density at radius 1 is 1.38 bits per heavy atom. The van der Waals surface area contributed by atoms with E-state index < -0.39 is 6.09 Å². The van der Waals surface area contributed by atoms with Gasteiger partial charge in [-0.15, -0.1) is 5.11 Å². The number of aromatic nitrogens is 1. The van der Waals surface area contributed by atoms with Gasteiger partial charge in [0.1, 0.15) is 18.1 Å². The zero-order chi connectivity index (χ0) is 18.5. The van der Waals surface area contributed by atoms with Crippen LogP contribution in [0.25, 0.3) is 0 Å². The zero-order valence-corrected chi connectivity index (χ0v) is 14.0. The Labute approximate surface area is 148 Å². The molecule has 1 amide bonds. The predicted molar refractivity (Wildman–Crippen MR) is 96.1 cm³/mol. The number of hydrogen-bond donors (Lipinski definition) is 3. The van der Waals surface area contributed by atoms with Crippen LogP contribution in [0.15, 0.2) is 45.7 Å². The van der Waals surface area contributed by atoms with Gasteiger partial charge in [0.05, 0.1) is 18.0 Å². The molecule has 1 aromatic carbocycles. The van der Waals surface area contributed by atoms with Crippen LogP contribution < -0.4 is 21.6 Å². The molecule has 1 aliphatic heterocycles. The lowest BCUT2D eigenvalue weighted by Gasteiger charge is -2.19. The molecule has 0 aliphatic carbocycles. The Morgan fingerprint density at radius 3 is 2.85 bits per heavy atom. The number of nitrogens with zero attached hydrogens (tertiary/aromatic N) is 4. The molecule has 0 saturated heterocycles. The van der Waals surface area contributed by atoms with Crippen molar-refractivity contribution in [3.63, 3.8) is 0 Å². The predicted octanol–water partition coefficient (Wildman–Crippen LogP) is 2.70. The molecule has 0 radical (unpaired) electrons. The Bertz CT molecular complexity index is 878. The second-order valence-electron chi connectivity index (χ2n) is 5.19. The summed E-state index contributed by atoms with van der Waals surface area (Å²) >= 11 is 0. The number of carbonyl (C=O) groups excluding carboxylic acids is 1. The maximum absolute atomic E-state index is 11.5. The summed E-state index contributed by atoms with van der Waals surface area (Å²) in [7, 11) is 0. The van der Waals surface area contributed by atoms with E-state index in [1.54, 1.807) is 25.1 Å². The monoisotopic (exact) mass is 355 g/mol. The fourth-order valence-electron chi connectivity index (χ4n) is 2.34. The number of pyridine rings is 1. The van der Waals surface area contributed by atoms with Gasteiger partial charge in [0.15, 0.2) is 11.6 Å². The molecule has 0 unspecified atom stereocenters. The molecule has 1 aromatic heterocycles. The van der Waals surface area contributed by atoms with Gasteiger partial charge in [-0.2, -0.15) is 0 Å². The normalized spacial score (nSPS) is 12.9. The number of hydrogen-bond acceptors (Lipinski definition) is 8. The third-order valence-electron chi connectivity index (χ3n) is 3.48. The van der Waals surface area contributed by atoms with Crippen molar-refractivity contribution in [2.75, 3.05) is 24.3 Å². The highest BCUT2D eigenvalue weighted by atomic mass is 16.5. The van der Waals surface area contributed by atoms with Crippen LogP contribution in [-0.2, 0) is 4.74 Å². The number of nitrogen functional groups attached to an aromatic ring is 1. The summed E-state index contributed by atoms with van der Waals surface area (Å²) in [6.45, 7) is 2.20. The lowest BCUT2D eigenvalue weighted by molar-refractivity contribution is 0.168. The van der Waals surface area contributed by atoms with Crippen LogP contribution in [0.5, 0.6) is 5.75 Å². The Balaban J connectivity index is 1.86. The molecule has 0 bridgehead atoms. The fraction of sp³-hybridized carbons (Fsp3) is 0.188. The lowest BCUT2D eigenvalue weighted by Crippen LogP contribution is -2.18. The summed E-state index contributed by atoms with van der Waals surface area (Å²) in [6.07, 6.45) is -0.617. The Kier molecular flexibility index (Phi) is 4.92. The van der Waals surface area contributed by atoms with Crippen molar-refractivity contribution in [3.8, 4) is 5.75 Å². The highest BCUT2D eigenvalue weighted by molar-refractivity contribution is 6.05. The van der Waals surface area contributed by atoms with E-state index in [0.29, 0.717) is 22.8 Å². The molecule has 1 aliphatic rings. The maximum Gasteiger partial charge on any atom is 0.412 e. The molecule has 0 saturated carbocycles. The summed E-state index contributed by atoms with van der Waals surface area (Å²) in [5.74, 6) is 5.83. The topological polar surface area (TPSA) is 150 Å². The molecule has 10 nitrogen and oxygen atoms in total. The second kappa shape index (κ2) is 7.47. The van der Waals surface area contributed by atoms with Crippen LogP contribution in [-0.4, -0.2) is 30.0 Å². The molecule has 0 spiro atoms. The smallest absolute Gasteiger partial charge is 0.412 e. The van der Waals surface area contributed by atoms with E-state index in [1.807, 2.05) is 12.1 Å². The number of aliphatic imine (C=N–C) groups is 1. The minimum Gasteiger partial charge on any atom is -0.485 e. The van der Waals surface area contributed by atoms with Gasteiger partial charge in [-0.25, -0.2) is 14.8 Å². The van der Waals surface area contributed by atoms with Gasteiger partial charge >= 0.3 is 6.09 Å². The average Bonchev–Trinajstić information content (AvgIpc) is 2.63. The van der Waals surface area contributed by atoms with Crippen molar-refractivity contribution in [3.05, 3.63) is 35.9 Å². The summed E-state index contributed by atoms with van der Waals surface area (Å²) in [5.41, 5.74) is 8.54. The van der Waals surface area contributed by atoms with E-state index in [9.17, 15) is 4.79 Å². The molecular weight excluding hydrogens is 338 g/mol. The van der Waals surface area contributed by atoms with Gasteiger partial charge in [0.2, 0.25) is 0 Å². The molecule has 2 aromatic rings. The van der Waals surface area contributed by atoms with Crippen molar-refractivity contribution in [1.29, 1.82) is 0 Å². The number of fused-ring (bicyclic) bond motifs is 1. The molecule has 26 heavy (non-hydrogen) atoms. The van der Waals surface area contributed by atoms with Crippen LogP contribution in [0.4, 0.5) is 27.8 Å². The van der Waals surface area contributed by atoms with Crippen molar-refractivity contribution >= 4 is 34.8 Å². The molecule has 134 valence electrons. The number of nitrogens with two attached hydrogens (primary N) is 2. The van der Waals surface area contributed by atoms with Gasteiger partial charge in [-0.3, -0.25) is 5.32 Å². The number of anilines is 2. The van der Waals surface area contributed by atoms with Crippen molar-refractivity contribution < 1.29 is 14.3 Å². The van der Waals surface area contributed by atoms with Crippen molar-refractivity contribution in [2.45, 2.75) is 6.92 Å². The SMILES string of the molecule is CCOC(=O)Nc1cc2c(c(N)n1)N=C(c1ccc(N=NN)cc1)CO2. The first-order valence-corrected chi connectivity index (χ1v) is 7.76. The molecule has 10 heteroatoms. The number of nitrogens with one attached hydrogen (secondary N) is 1. The Morgan fingerprint density at radius 2 is 2.15 bits per heavy atom. The zero-order valence-electron chi connectivity index (χ0n) is 14.0. The minimum absolute atomic E-state index is 0.139. The van der Waals surface area contributed by atoms with Crippen LogP contribution in [0.1, 0.15) is 12.5 Å². The number of benzene rings is 1. The van der Waals surface area contributed by atoms with Crippen molar-refractivity contribution in [2.24, 2.45) is 21.2 Å². The first-order chi connectivity index (χ1) is 12.6. The van der Waals surface area contributed by atoms with Gasteiger partial charge in [0, 0.05) is 6.07 Å². The van der Waals surface area contributed by atoms with E-state index in [2.05, 4.69) is 25.6 Å². The molecule has 5 N–H and O–H groups in total. The van der Waals surface area contributed by atoms with Crippen LogP contribution in [0.3, 0.4) is 0 Å². The lowest BCUT2D eigenvalue weighted by atomic mass is 10.1. The summed E-state index contributed by atoms with van der Waals surface area (Å²) in [4.78, 5) is 20.1. The number of amides is 1. The quantitative estimate of drug-likeness (QED) is 0.436. The van der Waals surface area contributed by atoms with E-state index in [0.717, 1.165) is 5.56 Å². The molecule has 0 atom stereocenters. The van der Waals surface area contributed by atoms with Crippen LogP contribution in [0.2, 0.25) is 0 Å². The van der Waals surface area contributed by atoms with Gasteiger partial charge < -0.3 is 21.1 Å². The minimum atomic E-state index is -0.617. The van der Waals surface area contributed by atoms with E-state index in [1.165, 1.54) is 0 Å². The summed E-state index contributed by atoms with van der Waals surface area (Å²) in [5, 5.41) is 9.47. The summed E-state index contributed by atoms with van der Waals surface area (Å²) in [6, 6.07) is 8.73. The fourth-order valence-corrected chi connectivity index (χ4v) is 2.34. The molecule has 3 rings (SSSR count). The highest BCUT2D eigenvalue weighted by Crippen LogP contribution is 2.38. The van der Waals surface area contributed by atoms with E-state index in [-0.39, 0.29) is 24.8 Å². The standard InChI is InChI=1S/C16H17N7O3/c1-2-25-16(24)21-13-7-12-14(15(17)20-13)19-11(8-26-12)9-3-5-10(6-4-9)22-23-18/h3-7H,2,8H2,1H3,(H2,18,22)(H3,17,20,21,24). The van der Waals surface area contributed by atoms with Crippen molar-refractivity contribution in [1.82, 2.24) is 4.98 Å². The van der Waals surface area contributed by atoms with Gasteiger partial charge in [-0.05, 0) is 24.6 Å². The number of ether oxygens (including phenoxy) is 2. The van der Waals surface area contributed by atoms with Crippen LogP contribution >= 0.6 is 0 Å². The van der Waals surface area contributed by atoms with Crippen LogP contribution in [0, 0.1) is 0 Å². The maximum atomic E-state index is 11.5. The second-order valence-corrected chi connectivity index (χ2v) is 5.19. The van der Waals surface area contributed by atoms with E-state index >= 15 is 0 Å². The third kappa shape index (κ3) is 3.69.